The molecule has 9 heteroatoms. The molecule has 0 saturated heterocycles. The molecule has 1 amide bonds. The molecule has 6 N–H and O–H groups in total. The predicted octanol–water partition coefficient (Wildman–Crippen LogP) is 3.13. The Labute approximate surface area is 175 Å². The quantitative estimate of drug-likeness (QED) is 0.153. The summed E-state index contributed by atoms with van der Waals surface area (Å²) in [5.41, 5.74) is 10.7. The minimum absolute atomic E-state index is 0.0416. The summed E-state index contributed by atoms with van der Waals surface area (Å²) < 4.78 is 18.4. The molecule has 1 fully saturated rings. The largest absolute Gasteiger partial charge is 0.370 e. The van der Waals surface area contributed by atoms with E-state index < -0.39 is 13.3 Å². The van der Waals surface area contributed by atoms with Crippen LogP contribution in [0.5, 0.6) is 0 Å². The molecule has 5 atom stereocenters. The molecule has 1 saturated carbocycles. The van der Waals surface area contributed by atoms with Gasteiger partial charge in [0.05, 0.1) is 18.3 Å². The third kappa shape index (κ3) is 8.27. The van der Waals surface area contributed by atoms with E-state index >= 15 is 0 Å². The summed E-state index contributed by atoms with van der Waals surface area (Å²) in [6.07, 6.45) is 6.55. The number of hydrogen-bond donors (Lipinski definition) is 4. The first kappa shape index (κ1) is 25.9. The summed E-state index contributed by atoms with van der Waals surface area (Å²) in [5, 5.41) is 3.06. The van der Waals surface area contributed by atoms with Crippen molar-refractivity contribution in [1.82, 2.24) is 5.32 Å². The molecule has 1 aliphatic carbocycles. The van der Waals surface area contributed by atoms with E-state index in [1.165, 1.54) is 6.92 Å². The number of carbonyl (C=O) groups excluding carboxylic acids is 1. The van der Waals surface area contributed by atoms with Gasteiger partial charge in [-0.1, -0.05) is 52.9 Å². The lowest BCUT2D eigenvalue weighted by atomic mass is 9.82. The number of nitrogens with one attached hydrogen (secondary N) is 1. The number of aliphatic imine (C=N–C) groups is 1. The Morgan fingerprint density at radius 3 is 2.38 bits per heavy atom. The highest BCUT2D eigenvalue weighted by Gasteiger charge is 2.48. The Morgan fingerprint density at radius 1 is 1.21 bits per heavy atom. The van der Waals surface area contributed by atoms with Gasteiger partial charge in [-0.25, -0.2) is 4.99 Å². The van der Waals surface area contributed by atoms with E-state index in [1.54, 1.807) is 0 Å². The zero-order chi connectivity index (χ0) is 22.0. The first-order valence-corrected chi connectivity index (χ1v) is 12.6. The standard InChI is InChI=1S/C20H41N4O4P/c1-5-8-9-10-11-28-29(26,27)16-12-17(18(13-16)24-20(21)22)19(23-14(4)25)15(6-2)7-3/h15-19H,5-13H2,1-4H3,(H,23,25)(H,26,27)(H4,21,22,24)/t16-,17-,18-,19+/m1/s1. The average molecular weight is 433 g/mol. The fourth-order valence-corrected chi connectivity index (χ4v) is 6.04. The smallest absolute Gasteiger partial charge is 0.331 e. The van der Waals surface area contributed by atoms with Crippen molar-refractivity contribution in [3.63, 3.8) is 0 Å². The van der Waals surface area contributed by atoms with Crippen LogP contribution in [0.15, 0.2) is 4.99 Å². The fraction of sp³-hybridized carbons (Fsp3) is 0.900. The minimum atomic E-state index is -3.79. The molecule has 29 heavy (non-hydrogen) atoms. The second-order valence-electron chi connectivity index (χ2n) is 8.17. The summed E-state index contributed by atoms with van der Waals surface area (Å²) in [7, 11) is -3.79. The SMILES string of the molecule is CCCCCCOP(=O)(O)[C@@H]1C[C@@H]([C@@H](NC(C)=O)C(CC)CC)[C@H](N=C(N)N)C1. The number of carbonyl (C=O) groups is 1. The van der Waals surface area contributed by atoms with Crippen LogP contribution in [-0.2, 0) is 13.9 Å². The first-order valence-electron chi connectivity index (χ1n) is 11.0. The van der Waals surface area contributed by atoms with E-state index in [-0.39, 0.29) is 42.4 Å². The average Bonchev–Trinajstić information content (AvgIpc) is 3.05. The molecule has 0 heterocycles. The van der Waals surface area contributed by atoms with Crippen LogP contribution < -0.4 is 16.8 Å². The lowest BCUT2D eigenvalue weighted by Gasteiger charge is -2.33. The molecule has 1 aliphatic rings. The van der Waals surface area contributed by atoms with Crippen molar-refractivity contribution in [2.45, 2.75) is 96.8 Å². The van der Waals surface area contributed by atoms with Gasteiger partial charge < -0.3 is 26.2 Å². The predicted molar refractivity (Wildman–Crippen MR) is 118 cm³/mol. The van der Waals surface area contributed by atoms with E-state index in [0.717, 1.165) is 38.5 Å². The van der Waals surface area contributed by atoms with Crippen LogP contribution in [0.4, 0.5) is 0 Å². The van der Waals surface area contributed by atoms with Crippen LogP contribution in [0.2, 0.25) is 0 Å². The van der Waals surface area contributed by atoms with Crippen molar-refractivity contribution in [3.8, 4) is 0 Å². The Balaban J connectivity index is 2.99. The molecule has 0 spiro atoms. The molecule has 0 bridgehead atoms. The van der Waals surface area contributed by atoms with Gasteiger partial charge in [0.15, 0.2) is 5.96 Å². The summed E-state index contributed by atoms with van der Waals surface area (Å²) in [6, 6.07) is -0.461. The zero-order valence-electron chi connectivity index (χ0n) is 18.5. The van der Waals surface area contributed by atoms with Crippen LogP contribution in [-0.4, -0.2) is 41.1 Å². The van der Waals surface area contributed by atoms with Gasteiger partial charge in [-0.2, -0.15) is 0 Å². The van der Waals surface area contributed by atoms with Gasteiger partial charge in [0, 0.05) is 18.9 Å². The third-order valence-electron chi connectivity index (χ3n) is 5.99. The van der Waals surface area contributed by atoms with Gasteiger partial charge in [0.2, 0.25) is 5.91 Å². The minimum Gasteiger partial charge on any atom is -0.370 e. The zero-order valence-corrected chi connectivity index (χ0v) is 19.4. The molecule has 0 aliphatic heterocycles. The topological polar surface area (TPSA) is 140 Å². The summed E-state index contributed by atoms with van der Waals surface area (Å²) in [5.74, 6) is -0.0272. The van der Waals surface area contributed by atoms with E-state index in [1.807, 2.05) is 0 Å². The second-order valence-corrected chi connectivity index (χ2v) is 10.3. The maximum atomic E-state index is 12.9. The van der Waals surface area contributed by atoms with Crippen LogP contribution in [0.25, 0.3) is 0 Å². The highest BCUT2D eigenvalue weighted by molar-refractivity contribution is 7.53. The van der Waals surface area contributed by atoms with E-state index in [0.29, 0.717) is 12.8 Å². The lowest BCUT2D eigenvalue weighted by molar-refractivity contribution is -0.120. The van der Waals surface area contributed by atoms with Gasteiger partial charge in [0.1, 0.15) is 0 Å². The van der Waals surface area contributed by atoms with Crippen molar-refractivity contribution < 1.29 is 18.8 Å². The molecule has 170 valence electrons. The molecule has 0 aromatic carbocycles. The van der Waals surface area contributed by atoms with Gasteiger partial charge in [-0.15, -0.1) is 0 Å². The van der Waals surface area contributed by atoms with Crippen LogP contribution >= 0.6 is 7.60 Å². The summed E-state index contributed by atoms with van der Waals surface area (Å²) >= 11 is 0. The van der Waals surface area contributed by atoms with Crippen LogP contribution in [0, 0.1) is 11.8 Å². The second kappa shape index (κ2) is 12.6. The molecule has 8 nitrogen and oxygen atoms in total. The van der Waals surface area contributed by atoms with E-state index in [2.05, 4.69) is 31.1 Å². The monoisotopic (exact) mass is 432 g/mol. The Morgan fingerprint density at radius 2 is 1.86 bits per heavy atom. The van der Waals surface area contributed by atoms with Crippen molar-refractivity contribution in [2.24, 2.45) is 28.3 Å². The maximum absolute atomic E-state index is 12.9. The third-order valence-corrected chi connectivity index (χ3v) is 7.89. The molecular formula is C20H41N4O4P. The maximum Gasteiger partial charge on any atom is 0.331 e. The lowest BCUT2D eigenvalue weighted by Crippen LogP contribution is -2.47. The van der Waals surface area contributed by atoms with Gasteiger partial charge in [0.25, 0.3) is 0 Å². The highest BCUT2D eigenvalue weighted by atomic mass is 31.2. The van der Waals surface area contributed by atoms with Crippen molar-refractivity contribution in [1.29, 1.82) is 0 Å². The highest BCUT2D eigenvalue weighted by Crippen LogP contribution is 2.56. The van der Waals surface area contributed by atoms with Gasteiger partial charge in [-0.3, -0.25) is 9.36 Å². The number of nitrogens with zero attached hydrogens (tertiary/aromatic N) is 1. The molecular weight excluding hydrogens is 391 g/mol. The number of amides is 1. The Bertz CT molecular complexity index is 579. The molecule has 1 unspecified atom stereocenters. The molecule has 1 rings (SSSR count). The van der Waals surface area contributed by atoms with Crippen molar-refractivity contribution in [2.75, 3.05) is 6.61 Å². The van der Waals surface area contributed by atoms with Crippen molar-refractivity contribution in [3.05, 3.63) is 0 Å². The molecule has 0 aromatic heterocycles. The van der Waals surface area contributed by atoms with Crippen LogP contribution in [0.1, 0.15) is 79.1 Å². The normalized spacial score (nSPS) is 24.8. The Hall–Kier alpha value is -1.11. The number of guanidine groups is 1. The van der Waals surface area contributed by atoms with E-state index in [4.69, 9.17) is 16.0 Å². The number of unbranched alkanes of at least 4 members (excludes halogenated alkanes) is 3. The number of rotatable bonds is 13. The summed E-state index contributed by atoms with van der Waals surface area (Å²) in [4.78, 5) is 26.8. The Kier molecular flexibility index (Phi) is 11.2. The van der Waals surface area contributed by atoms with Crippen molar-refractivity contribution >= 4 is 19.5 Å². The fourth-order valence-electron chi connectivity index (χ4n) is 4.45. The molecule has 0 radical (unpaired) electrons. The summed E-state index contributed by atoms with van der Waals surface area (Å²) in [6.45, 7) is 8.06. The van der Waals surface area contributed by atoms with Crippen LogP contribution in [0.3, 0.4) is 0 Å². The van der Waals surface area contributed by atoms with Gasteiger partial charge >= 0.3 is 7.60 Å². The number of nitrogens with two attached hydrogens (primary N) is 2. The van der Waals surface area contributed by atoms with E-state index in [9.17, 15) is 14.3 Å². The van der Waals surface area contributed by atoms with Gasteiger partial charge in [-0.05, 0) is 25.2 Å². The first-order chi connectivity index (χ1) is 13.7. The number of hydrogen-bond acceptors (Lipinski definition) is 4. The molecule has 0 aromatic rings.